The summed E-state index contributed by atoms with van der Waals surface area (Å²) in [7, 11) is 0. The first-order chi connectivity index (χ1) is 12.3. The fraction of sp³-hybridized carbons (Fsp3) is 0.579. The summed E-state index contributed by atoms with van der Waals surface area (Å²) in [6.07, 6.45) is 3.09. The van der Waals surface area contributed by atoms with Crippen LogP contribution in [-0.2, 0) is 17.8 Å². The summed E-state index contributed by atoms with van der Waals surface area (Å²) < 4.78 is 2.00. The Kier molecular flexibility index (Phi) is 7.20. The van der Waals surface area contributed by atoms with Crippen molar-refractivity contribution in [3.8, 4) is 0 Å². The van der Waals surface area contributed by atoms with Crippen LogP contribution in [-0.4, -0.2) is 38.5 Å². The minimum atomic E-state index is 0.0676. The van der Waals surface area contributed by atoms with Crippen molar-refractivity contribution in [1.82, 2.24) is 25.1 Å². The molecule has 2 aromatic heterocycles. The van der Waals surface area contributed by atoms with E-state index in [9.17, 15) is 4.79 Å². The van der Waals surface area contributed by atoms with Crippen LogP contribution in [0, 0.1) is 33.6 Å². The summed E-state index contributed by atoms with van der Waals surface area (Å²) in [6.45, 7) is 11.6. The number of amides is 1. The van der Waals surface area contributed by atoms with Gasteiger partial charge in [-0.05, 0) is 57.9 Å². The molecule has 0 unspecified atom stereocenters. The van der Waals surface area contributed by atoms with Crippen molar-refractivity contribution in [2.75, 3.05) is 12.8 Å². The Labute approximate surface area is 160 Å². The van der Waals surface area contributed by atoms with Crippen molar-refractivity contribution in [3.05, 3.63) is 34.4 Å². The maximum atomic E-state index is 12.2. The molecule has 1 atom stereocenters. The number of aryl methyl sites for hydroxylation is 4. The molecule has 2 rings (SSSR count). The molecule has 0 aliphatic heterocycles. The van der Waals surface area contributed by atoms with Gasteiger partial charge >= 0.3 is 0 Å². The van der Waals surface area contributed by atoms with Gasteiger partial charge in [-0.3, -0.25) is 9.48 Å². The third-order valence-corrected chi connectivity index (χ3v) is 4.97. The minimum Gasteiger partial charge on any atom is -0.356 e. The third kappa shape index (κ3) is 5.56. The lowest BCUT2D eigenvalue weighted by molar-refractivity contribution is -0.121. The molecule has 0 saturated carbocycles. The van der Waals surface area contributed by atoms with E-state index in [1.165, 1.54) is 11.8 Å². The van der Waals surface area contributed by atoms with E-state index in [1.807, 2.05) is 31.7 Å². The monoisotopic (exact) mass is 375 g/mol. The van der Waals surface area contributed by atoms with E-state index in [0.29, 0.717) is 25.3 Å². The lowest BCUT2D eigenvalue weighted by Crippen LogP contribution is -2.30. The van der Waals surface area contributed by atoms with Crippen molar-refractivity contribution in [3.63, 3.8) is 0 Å². The number of aromatic nitrogens is 4. The fourth-order valence-electron chi connectivity index (χ4n) is 3.00. The standard InChI is InChI=1S/C19H29N5OS/c1-12(11-24-14(3)9-13(2)23-24)10-20-18(25)8-7-17-15(4)21-19(26-6)22-16(17)5/h9,12H,7-8,10-11H2,1-6H3,(H,20,25)/t12-/m1/s1. The largest absolute Gasteiger partial charge is 0.356 e. The van der Waals surface area contributed by atoms with Gasteiger partial charge in [0.15, 0.2) is 5.16 Å². The summed E-state index contributed by atoms with van der Waals surface area (Å²) in [5.41, 5.74) is 5.19. The summed E-state index contributed by atoms with van der Waals surface area (Å²) in [5.74, 6) is 0.391. The van der Waals surface area contributed by atoms with Gasteiger partial charge in [0.25, 0.3) is 0 Å². The highest BCUT2D eigenvalue weighted by molar-refractivity contribution is 7.98. The quantitative estimate of drug-likeness (QED) is 0.567. The molecule has 0 bridgehead atoms. The van der Waals surface area contributed by atoms with Crippen molar-refractivity contribution in [2.45, 2.75) is 59.2 Å². The van der Waals surface area contributed by atoms with Crippen LogP contribution < -0.4 is 5.32 Å². The van der Waals surface area contributed by atoms with Gasteiger partial charge < -0.3 is 5.32 Å². The van der Waals surface area contributed by atoms with Gasteiger partial charge in [0.05, 0.1) is 5.69 Å². The Morgan fingerprint density at radius 2 is 1.88 bits per heavy atom. The molecule has 0 saturated heterocycles. The maximum absolute atomic E-state index is 12.2. The lowest BCUT2D eigenvalue weighted by atomic mass is 10.1. The first-order valence-electron chi connectivity index (χ1n) is 8.96. The number of carbonyl (C=O) groups excluding carboxylic acids is 1. The second-order valence-corrected chi connectivity index (χ2v) is 7.65. The van der Waals surface area contributed by atoms with E-state index < -0.39 is 0 Å². The van der Waals surface area contributed by atoms with E-state index in [1.54, 1.807) is 0 Å². The van der Waals surface area contributed by atoms with Crippen molar-refractivity contribution in [2.24, 2.45) is 5.92 Å². The molecule has 0 radical (unpaired) electrons. The van der Waals surface area contributed by atoms with E-state index >= 15 is 0 Å². The summed E-state index contributed by atoms with van der Waals surface area (Å²) in [5, 5.41) is 8.29. The van der Waals surface area contributed by atoms with Gasteiger partial charge in [0.2, 0.25) is 5.91 Å². The van der Waals surface area contributed by atoms with Gasteiger partial charge in [-0.1, -0.05) is 18.7 Å². The molecule has 0 fully saturated rings. The highest BCUT2D eigenvalue weighted by Crippen LogP contribution is 2.17. The zero-order valence-electron chi connectivity index (χ0n) is 16.6. The Balaban J connectivity index is 1.81. The highest BCUT2D eigenvalue weighted by Gasteiger charge is 2.12. The predicted molar refractivity (Wildman–Crippen MR) is 105 cm³/mol. The first kappa shape index (κ1) is 20.4. The van der Waals surface area contributed by atoms with Crippen LogP contribution >= 0.6 is 11.8 Å². The first-order valence-corrected chi connectivity index (χ1v) is 10.2. The van der Waals surface area contributed by atoms with Crippen molar-refractivity contribution in [1.29, 1.82) is 0 Å². The normalized spacial score (nSPS) is 12.2. The number of carbonyl (C=O) groups is 1. The molecule has 0 spiro atoms. The van der Waals surface area contributed by atoms with Crippen molar-refractivity contribution >= 4 is 17.7 Å². The number of rotatable bonds is 8. The number of nitrogens with zero attached hydrogens (tertiary/aromatic N) is 4. The maximum Gasteiger partial charge on any atom is 0.220 e. The van der Waals surface area contributed by atoms with Crippen LogP contribution in [0.15, 0.2) is 11.2 Å². The van der Waals surface area contributed by atoms with Crippen LogP contribution in [0.3, 0.4) is 0 Å². The average Bonchev–Trinajstić information content (AvgIpc) is 2.89. The molecular weight excluding hydrogens is 346 g/mol. The number of nitrogens with one attached hydrogen (secondary N) is 1. The van der Waals surface area contributed by atoms with Crippen LogP contribution in [0.5, 0.6) is 0 Å². The molecule has 6 nitrogen and oxygen atoms in total. The van der Waals surface area contributed by atoms with Crippen LogP contribution in [0.25, 0.3) is 0 Å². The van der Waals surface area contributed by atoms with E-state index in [4.69, 9.17) is 0 Å². The second-order valence-electron chi connectivity index (χ2n) is 6.88. The van der Waals surface area contributed by atoms with Gasteiger partial charge in [-0.15, -0.1) is 0 Å². The Morgan fingerprint density at radius 1 is 1.23 bits per heavy atom. The number of hydrogen-bond acceptors (Lipinski definition) is 5. The van der Waals surface area contributed by atoms with E-state index in [0.717, 1.165) is 40.0 Å². The SMILES string of the molecule is CSc1nc(C)c(CCC(=O)NC[C@@H](C)Cn2nc(C)cc2C)c(C)n1. The minimum absolute atomic E-state index is 0.0676. The number of hydrogen-bond donors (Lipinski definition) is 1. The van der Waals surface area contributed by atoms with Gasteiger partial charge in [-0.2, -0.15) is 5.10 Å². The molecule has 7 heteroatoms. The molecule has 26 heavy (non-hydrogen) atoms. The fourth-order valence-corrected chi connectivity index (χ4v) is 3.45. The summed E-state index contributed by atoms with van der Waals surface area (Å²) in [4.78, 5) is 21.2. The third-order valence-electron chi connectivity index (χ3n) is 4.42. The number of thioether (sulfide) groups is 1. The molecule has 0 aliphatic carbocycles. The predicted octanol–water partition coefficient (Wildman–Crippen LogP) is 3.01. The molecule has 0 aliphatic rings. The van der Waals surface area contributed by atoms with Crippen LogP contribution in [0.4, 0.5) is 0 Å². The van der Waals surface area contributed by atoms with Gasteiger partial charge in [-0.25, -0.2) is 9.97 Å². The smallest absolute Gasteiger partial charge is 0.220 e. The molecule has 142 valence electrons. The second kappa shape index (κ2) is 9.16. The molecule has 2 heterocycles. The van der Waals surface area contributed by atoms with Crippen LogP contribution in [0.1, 0.15) is 41.7 Å². The summed E-state index contributed by atoms with van der Waals surface area (Å²) >= 11 is 1.54. The van der Waals surface area contributed by atoms with Crippen molar-refractivity contribution < 1.29 is 4.79 Å². The zero-order chi connectivity index (χ0) is 19.3. The Morgan fingerprint density at radius 3 is 2.42 bits per heavy atom. The molecular formula is C19H29N5OS. The highest BCUT2D eigenvalue weighted by atomic mass is 32.2. The topological polar surface area (TPSA) is 72.7 Å². The average molecular weight is 376 g/mol. The Hall–Kier alpha value is -1.89. The molecule has 1 N–H and O–H groups in total. The molecule has 0 aromatic carbocycles. The lowest BCUT2D eigenvalue weighted by Gasteiger charge is -2.14. The Bertz CT molecular complexity index is 748. The van der Waals surface area contributed by atoms with Crippen LogP contribution in [0.2, 0.25) is 0 Å². The van der Waals surface area contributed by atoms with Gasteiger partial charge in [0.1, 0.15) is 0 Å². The molecule has 2 aromatic rings. The summed E-state index contributed by atoms with van der Waals surface area (Å²) in [6, 6.07) is 2.07. The van der Waals surface area contributed by atoms with E-state index in [-0.39, 0.29) is 5.91 Å². The van der Waals surface area contributed by atoms with Gasteiger partial charge in [0, 0.05) is 36.6 Å². The van der Waals surface area contributed by atoms with E-state index in [2.05, 4.69) is 40.3 Å². The zero-order valence-corrected chi connectivity index (χ0v) is 17.4. The molecule has 1 amide bonds.